The Labute approximate surface area is 173 Å². The van der Waals surface area contributed by atoms with Gasteiger partial charge in [0, 0.05) is 30.3 Å². The van der Waals surface area contributed by atoms with Crippen molar-refractivity contribution in [3.63, 3.8) is 0 Å². The van der Waals surface area contributed by atoms with Crippen LogP contribution in [0.1, 0.15) is 40.7 Å². The van der Waals surface area contributed by atoms with Gasteiger partial charge in [0.1, 0.15) is 0 Å². The van der Waals surface area contributed by atoms with Gasteiger partial charge >= 0.3 is 0 Å². The first-order chi connectivity index (χ1) is 13.6. The molecule has 1 atom stereocenters. The normalized spacial score (nSPS) is 18.8. The molecule has 2 amide bonds. The molecule has 2 aliphatic rings. The van der Waals surface area contributed by atoms with Gasteiger partial charge in [-0.25, -0.2) is 0 Å². The molecule has 4 nitrogen and oxygen atoms in total. The van der Waals surface area contributed by atoms with Crippen molar-refractivity contribution >= 4 is 47.1 Å². The molecule has 2 aromatic rings. The van der Waals surface area contributed by atoms with Crippen molar-refractivity contribution in [2.75, 3.05) is 16.8 Å². The summed E-state index contributed by atoms with van der Waals surface area (Å²) in [6.45, 7) is 1.53. The van der Waals surface area contributed by atoms with Gasteiger partial charge in [0.15, 0.2) is 0 Å². The Bertz CT molecular complexity index is 905. The summed E-state index contributed by atoms with van der Waals surface area (Å²) in [7, 11) is 0. The number of thioether (sulfide) groups is 2. The molecule has 1 fully saturated rings. The molecule has 0 spiro atoms. The lowest BCUT2D eigenvalue weighted by Crippen LogP contribution is -2.33. The average molecular weight is 411 g/mol. The van der Waals surface area contributed by atoms with Gasteiger partial charge < -0.3 is 10.2 Å². The highest BCUT2D eigenvalue weighted by atomic mass is 32.2. The van der Waals surface area contributed by atoms with E-state index in [1.807, 2.05) is 66.0 Å². The van der Waals surface area contributed by atoms with Crippen molar-refractivity contribution in [1.82, 2.24) is 4.90 Å². The van der Waals surface area contributed by atoms with E-state index in [0.29, 0.717) is 4.58 Å². The maximum absolute atomic E-state index is 12.7. The zero-order valence-electron chi connectivity index (χ0n) is 15.6. The maximum atomic E-state index is 12.7. The molecule has 28 heavy (non-hydrogen) atoms. The van der Waals surface area contributed by atoms with Crippen LogP contribution < -0.4 is 5.32 Å². The number of hydrogen-bond donors (Lipinski definition) is 1. The van der Waals surface area contributed by atoms with Crippen LogP contribution in [0.2, 0.25) is 0 Å². The molecule has 2 heterocycles. The molecule has 1 saturated heterocycles. The smallest absolute Gasteiger partial charge is 0.226 e. The van der Waals surface area contributed by atoms with E-state index < -0.39 is 0 Å². The molecule has 2 aliphatic heterocycles. The van der Waals surface area contributed by atoms with E-state index in [4.69, 9.17) is 0 Å². The summed E-state index contributed by atoms with van der Waals surface area (Å²) in [4.78, 5) is 26.4. The van der Waals surface area contributed by atoms with Crippen LogP contribution in [0.25, 0.3) is 6.08 Å². The number of nitrogens with one attached hydrogen (secondary N) is 1. The second kappa shape index (κ2) is 8.45. The fraction of sp³-hybridized carbons (Fsp3) is 0.273. The summed E-state index contributed by atoms with van der Waals surface area (Å²) in [6, 6.07) is 15.7. The molecular weight excluding hydrogens is 388 g/mol. The van der Waals surface area contributed by atoms with E-state index in [2.05, 4.69) is 17.4 Å². The second-order valence-corrected chi connectivity index (χ2v) is 9.56. The minimum absolute atomic E-state index is 0.0699. The van der Waals surface area contributed by atoms with E-state index >= 15 is 0 Å². The lowest BCUT2D eigenvalue weighted by atomic mass is 9.93. The van der Waals surface area contributed by atoms with E-state index in [9.17, 15) is 9.59 Å². The largest absolute Gasteiger partial charge is 0.326 e. The van der Waals surface area contributed by atoms with Crippen LogP contribution >= 0.6 is 23.5 Å². The fourth-order valence-electron chi connectivity index (χ4n) is 3.58. The molecule has 2 aromatic carbocycles. The topological polar surface area (TPSA) is 49.4 Å². The molecule has 0 saturated carbocycles. The summed E-state index contributed by atoms with van der Waals surface area (Å²) in [6.07, 6.45) is 3.91. The molecular formula is C22H22N2O2S2. The van der Waals surface area contributed by atoms with Gasteiger partial charge in [-0.3, -0.25) is 9.59 Å². The molecule has 4 rings (SSSR count). The van der Waals surface area contributed by atoms with Gasteiger partial charge in [0.2, 0.25) is 11.8 Å². The lowest BCUT2D eigenvalue weighted by molar-refractivity contribution is -0.129. The number of nitrogens with zero attached hydrogens (tertiary/aromatic N) is 1. The third-order valence-corrected chi connectivity index (χ3v) is 8.04. The molecule has 144 valence electrons. The van der Waals surface area contributed by atoms with Crippen LogP contribution in [-0.2, 0) is 9.59 Å². The van der Waals surface area contributed by atoms with E-state index in [1.165, 1.54) is 24.0 Å². The number of hydrogen-bond acceptors (Lipinski definition) is 4. The molecule has 0 unspecified atom stereocenters. The Hall–Kier alpha value is -2.18. The minimum atomic E-state index is -0.288. The summed E-state index contributed by atoms with van der Waals surface area (Å²) in [5.41, 5.74) is 4.13. The van der Waals surface area contributed by atoms with Gasteiger partial charge in [-0.15, -0.1) is 23.5 Å². The summed E-state index contributed by atoms with van der Waals surface area (Å²) in [5.74, 6) is 2.22. The van der Waals surface area contributed by atoms with Crippen LogP contribution in [0.3, 0.4) is 0 Å². The SMILES string of the molecule is CC(=O)N1C=Cc2ccccc2[C@@H]1CC(=O)Nc1ccc(C2SCCS2)cc1. The maximum Gasteiger partial charge on any atom is 0.226 e. The fourth-order valence-corrected chi connectivity index (χ4v) is 6.43. The number of rotatable bonds is 4. The van der Waals surface area contributed by atoms with Gasteiger partial charge in [0.25, 0.3) is 0 Å². The van der Waals surface area contributed by atoms with Crippen molar-refractivity contribution in [3.8, 4) is 0 Å². The van der Waals surface area contributed by atoms with Crippen LogP contribution in [0, 0.1) is 0 Å². The van der Waals surface area contributed by atoms with Gasteiger partial charge in [0.05, 0.1) is 17.0 Å². The highest BCUT2D eigenvalue weighted by Gasteiger charge is 2.28. The highest BCUT2D eigenvalue weighted by Crippen LogP contribution is 2.45. The van der Waals surface area contributed by atoms with Gasteiger partial charge in [-0.1, -0.05) is 36.4 Å². The molecule has 1 N–H and O–H groups in total. The molecule has 0 aromatic heterocycles. The number of carbonyl (C=O) groups is 2. The van der Waals surface area contributed by atoms with Crippen molar-refractivity contribution < 1.29 is 9.59 Å². The predicted octanol–water partition coefficient (Wildman–Crippen LogP) is 5.07. The molecule has 0 radical (unpaired) electrons. The zero-order valence-corrected chi connectivity index (χ0v) is 17.3. The number of benzene rings is 2. The zero-order chi connectivity index (χ0) is 19.5. The summed E-state index contributed by atoms with van der Waals surface area (Å²) >= 11 is 3.93. The highest BCUT2D eigenvalue weighted by molar-refractivity contribution is 8.19. The van der Waals surface area contributed by atoms with Gasteiger partial charge in [-0.2, -0.15) is 0 Å². The Morgan fingerprint density at radius 2 is 1.79 bits per heavy atom. The number of amides is 2. The van der Waals surface area contributed by atoms with Crippen molar-refractivity contribution in [2.24, 2.45) is 0 Å². The quantitative estimate of drug-likeness (QED) is 0.765. The van der Waals surface area contributed by atoms with Crippen molar-refractivity contribution in [3.05, 3.63) is 71.4 Å². The summed E-state index contributed by atoms with van der Waals surface area (Å²) < 4.78 is 0.499. The Balaban J connectivity index is 1.46. The first kappa shape index (κ1) is 19.2. The average Bonchev–Trinajstić information content (AvgIpc) is 3.23. The number of carbonyl (C=O) groups excluding carboxylic acids is 2. The van der Waals surface area contributed by atoms with Crippen LogP contribution in [-0.4, -0.2) is 28.2 Å². The first-order valence-electron chi connectivity index (χ1n) is 9.31. The monoisotopic (exact) mass is 410 g/mol. The third kappa shape index (κ3) is 4.13. The Morgan fingerprint density at radius 3 is 2.50 bits per heavy atom. The predicted molar refractivity (Wildman–Crippen MR) is 118 cm³/mol. The number of anilines is 1. The van der Waals surface area contributed by atoms with Crippen molar-refractivity contribution in [2.45, 2.75) is 24.0 Å². The Kier molecular flexibility index (Phi) is 5.78. The summed E-state index contributed by atoms with van der Waals surface area (Å²) in [5, 5.41) is 2.98. The third-order valence-electron chi connectivity index (χ3n) is 4.94. The van der Waals surface area contributed by atoms with Crippen LogP contribution in [0.4, 0.5) is 5.69 Å². The number of fused-ring (bicyclic) bond motifs is 1. The van der Waals surface area contributed by atoms with E-state index in [0.717, 1.165) is 16.8 Å². The molecule has 0 aliphatic carbocycles. The molecule has 0 bridgehead atoms. The lowest BCUT2D eigenvalue weighted by Gasteiger charge is -2.32. The second-order valence-electron chi connectivity index (χ2n) is 6.83. The van der Waals surface area contributed by atoms with Gasteiger partial charge in [-0.05, 0) is 34.9 Å². The van der Waals surface area contributed by atoms with E-state index in [1.54, 1.807) is 11.1 Å². The van der Waals surface area contributed by atoms with E-state index in [-0.39, 0.29) is 24.3 Å². The minimum Gasteiger partial charge on any atom is -0.326 e. The molecule has 6 heteroatoms. The standard InChI is InChI=1S/C22H22N2O2S2/c1-15(25)24-11-10-16-4-2-3-5-19(16)20(24)14-21(26)23-18-8-6-17(7-9-18)22-27-12-13-28-22/h2-11,20,22H,12-14H2,1H3,(H,23,26)/t20-/m0/s1. The van der Waals surface area contributed by atoms with Crippen LogP contribution in [0.15, 0.2) is 54.7 Å². The Morgan fingerprint density at radius 1 is 1.07 bits per heavy atom. The van der Waals surface area contributed by atoms with Crippen molar-refractivity contribution in [1.29, 1.82) is 0 Å². The van der Waals surface area contributed by atoms with Crippen LogP contribution in [0.5, 0.6) is 0 Å². The first-order valence-corrected chi connectivity index (χ1v) is 11.4.